The lowest BCUT2D eigenvalue weighted by molar-refractivity contribution is -0.165. The molecule has 0 aromatic carbocycles. The Labute approximate surface area is 241 Å². The first kappa shape index (κ1) is 32.4. The molecule has 0 radical (unpaired) electrons. The molecule has 5 N–H and O–H groups in total. The number of carbonyl (C=O) groups is 4. The first-order chi connectivity index (χ1) is 18.8. The molecule has 0 aromatic rings. The number of aliphatic carboxylic acids is 2. The molecule has 13 heteroatoms. The lowest BCUT2D eigenvalue weighted by Crippen LogP contribution is -2.55. The molecule has 1 saturated heterocycles. The average molecular weight is 587 g/mol. The van der Waals surface area contributed by atoms with E-state index in [1.54, 1.807) is 0 Å². The summed E-state index contributed by atoms with van der Waals surface area (Å²) >= 11 is 4.39. The molecule has 12 nitrogen and oxygen atoms in total. The Morgan fingerprint density at radius 2 is 1.38 bits per heavy atom. The summed E-state index contributed by atoms with van der Waals surface area (Å²) in [5.41, 5.74) is 0.463. The molecule has 5 fully saturated rings. The third-order valence-corrected chi connectivity index (χ3v) is 9.26. The molecule has 1 heterocycles. The van der Waals surface area contributed by atoms with Crippen LogP contribution in [0.5, 0.6) is 0 Å². The van der Waals surface area contributed by atoms with E-state index in [0.29, 0.717) is 17.7 Å². The quantitative estimate of drug-likeness (QED) is 0.200. The Bertz CT molecular complexity index is 860. The van der Waals surface area contributed by atoms with Crippen molar-refractivity contribution < 1.29 is 39.6 Å². The van der Waals surface area contributed by atoms with Crippen molar-refractivity contribution in [1.29, 1.82) is 0 Å². The largest absolute Gasteiger partial charge is 0.479 e. The van der Waals surface area contributed by atoms with Gasteiger partial charge >= 0.3 is 18.0 Å². The second-order valence-electron chi connectivity index (χ2n) is 12.2. The Kier molecular flexibility index (Phi) is 11.5. The van der Waals surface area contributed by atoms with E-state index in [0.717, 1.165) is 56.9 Å². The molecular weight excluding hydrogens is 540 g/mol. The third-order valence-electron chi connectivity index (χ3n) is 9.06. The smallest absolute Gasteiger partial charge is 0.335 e. The fraction of sp³-hybridized carbons (Fsp3) is 0.852. The van der Waals surface area contributed by atoms with Crippen LogP contribution in [0.1, 0.15) is 51.9 Å². The molecule has 40 heavy (non-hydrogen) atoms. The maximum absolute atomic E-state index is 13.0. The number of nitrogens with one attached hydrogen (secondary N) is 1. The highest BCUT2D eigenvalue weighted by Gasteiger charge is 2.50. The van der Waals surface area contributed by atoms with Gasteiger partial charge in [0.1, 0.15) is 6.04 Å². The molecule has 4 saturated carbocycles. The fourth-order valence-electron chi connectivity index (χ4n) is 7.31. The average Bonchev–Trinajstić information content (AvgIpc) is 2.89. The van der Waals surface area contributed by atoms with Gasteiger partial charge in [-0.25, -0.2) is 14.4 Å². The molecule has 2 unspecified atom stereocenters. The van der Waals surface area contributed by atoms with Crippen LogP contribution < -0.4 is 5.32 Å². The van der Waals surface area contributed by atoms with E-state index < -0.39 is 30.2 Å². The number of amides is 3. The van der Waals surface area contributed by atoms with Gasteiger partial charge in [-0.05, 0) is 82.1 Å². The molecule has 0 spiro atoms. The maximum atomic E-state index is 13.0. The second-order valence-corrected chi connectivity index (χ2v) is 12.7. The van der Waals surface area contributed by atoms with E-state index in [2.05, 4.69) is 29.9 Å². The van der Waals surface area contributed by atoms with Gasteiger partial charge in [-0.2, -0.15) is 12.6 Å². The van der Waals surface area contributed by atoms with E-state index >= 15 is 0 Å². The molecular formula is C27H46N4O8S. The van der Waals surface area contributed by atoms with Crippen molar-refractivity contribution in [2.75, 3.05) is 52.1 Å². The van der Waals surface area contributed by atoms with Crippen LogP contribution in [-0.2, 0) is 14.4 Å². The first-order valence-corrected chi connectivity index (χ1v) is 14.9. The van der Waals surface area contributed by atoms with Crippen molar-refractivity contribution in [3.05, 3.63) is 0 Å². The number of carboxylic acids is 2. The van der Waals surface area contributed by atoms with Gasteiger partial charge in [0.2, 0.25) is 5.91 Å². The van der Waals surface area contributed by atoms with Crippen molar-refractivity contribution in [3.8, 4) is 0 Å². The lowest BCUT2D eigenvalue weighted by atomic mass is 9.49. The number of hydrogen-bond acceptors (Lipinski definition) is 8. The number of carbonyl (C=O) groups excluding carboxylic acids is 2. The molecule has 228 valence electrons. The van der Waals surface area contributed by atoms with Crippen molar-refractivity contribution in [3.63, 3.8) is 0 Å². The SMILES string of the molecule is C[C@H](NC(=O)N(CCS)CCC12CC3CC(CC(C3)C1)C2)C(=O)N1CCN(C)CC1.O=C(O)C(O)C(O)C(=O)O. The molecule has 3 amide bonds. The van der Waals surface area contributed by atoms with Gasteiger partial charge in [0.05, 0.1) is 0 Å². The number of hydrogen-bond donors (Lipinski definition) is 6. The number of rotatable bonds is 10. The summed E-state index contributed by atoms with van der Waals surface area (Å²) in [7, 11) is 2.08. The van der Waals surface area contributed by atoms with Gasteiger partial charge in [0.25, 0.3) is 0 Å². The van der Waals surface area contributed by atoms with Crippen molar-refractivity contribution in [1.82, 2.24) is 20.0 Å². The monoisotopic (exact) mass is 586 g/mol. The summed E-state index contributed by atoms with van der Waals surface area (Å²) in [5.74, 6) is -0.0539. The van der Waals surface area contributed by atoms with Gasteiger partial charge in [-0.15, -0.1) is 0 Å². The zero-order valence-corrected chi connectivity index (χ0v) is 24.5. The minimum atomic E-state index is -2.27. The topological polar surface area (TPSA) is 171 Å². The Balaban J connectivity index is 0.000000378. The van der Waals surface area contributed by atoms with Crippen LogP contribution >= 0.6 is 12.6 Å². The van der Waals surface area contributed by atoms with Crippen molar-refractivity contribution in [2.45, 2.75) is 70.1 Å². The van der Waals surface area contributed by atoms with Crippen molar-refractivity contribution >= 4 is 36.5 Å². The highest BCUT2D eigenvalue weighted by Crippen LogP contribution is 2.61. The van der Waals surface area contributed by atoms with Crippen molar-refractivity contribution in [2.24, 2.45) is 23.2 Å². The molecule has 1 aliphatic heterocycles. The Morgan fingerprint density at radius 1 is 0.900 bits per heavy atom. The van der Waals surface area contributed by atoms with Gasteiger partial charge in [0.15, 0.2) is 12.2 Å². The Morgan fingerprint density at radius 3 is 1.80 bits per heavy atom. The van der Waals surface area contributed by atoms with Gasteiger partial charge in [-0.1, -0.05) is 0 Å². The van der Waals surface area contributed by atoms with E-state index in [9.17, 15) is 19.2 Å². The van der Waals surface area contributed by atoms with Crippen LogP contribution in [0.4, 0.5) is 4.79 Å². The van der Waals surface area contributed by atoms with E-state index in [1.807, 2.05) is 16.7 Å². The normalized spacial score (nSPS) is 29.5. The molecule has 5 aliphatic rings. The number of nitrogens with zero attached hydrogens (tertiary/aromatic N) is 3. The predicted octanol–water partition coefficient (Wildman–Crippen LogP) is 0.574. The Hall–Kier alpha value is -2.09. The molecule has 4 aliphatic carbocycles. The highest BCUT2D eigenvalue weighted by atomic mass is 32.1. The van der Waals surface area contributed by atoms with Crippen LogP contribution in [0.25, 0.3) is 0 Å². The summed E-state index contributed by atoms with van der Waals surface area (Å²) in [6.07, 6.45) is 5.03. The summed E-state index contributed by atoms with van der Waals surface area (Å²) in [4.78, 5) is 51.3. The van der Waals surface area contributed by atoms with E-state index in [4.69, 9.17) is 20.4 Å². The van der Waals surface area contributed by atoms with Crippen LogP contribution in [0.2, 0.25) is 0 Å². The number of piperazine rings is 1. The highest BCUT2D eigenvalue weighted by molar-refractivity contribution is 7.80. The predicted molar refractivity (Wildman–Crippen MR) is 150 cm³/mol. The zero-order chi connectivity index (χ0) is 29.6. The number of carboxylic acid groups (broad SMARTS) is 2. The third kappa shape index (κ3) is 8.46. The fourth-order valence-corrected chi connectivity index (χ4v) is 7.55. The number of urea groups is 1. The van der Waals surface area contributed by atoms with E-state index in [-0.39, 0.29) is 11.9 Å². The van der Waals surface area contributed by atoms with E-state index in [1.165, 1.54) is 38.5 Å². The van der Waals surface area contributed by atoms with Crippen LogP contribution in [0.15, 0.2) is 0 Å². The summed E-state index contributed by atoms with van der Waals surface area (Å²) in [6.45, 7) is 6.50. The van der Waals surface area contributed by atoms with Crippen LogP contribution in [-0.4, -0.2) is 129 Å². The first-order valence-electron chi connectivity index (χ1n) is 14.3. The number of thiol groups is 1. The standard InChI is InChI=1S/C23H40N4O2S.C4H6O6/c1-17(21(28)26-7-5-25(2)6-8-26)24-22(29)27(9-10-30)4-3-23-14-18-11-19(15-23)13-20(12-18)16-23;5-1(3(7)8)2(6)4(9)10/h17-20,30H,3-16H2,1-2H3,(H,24,29);1-2,5-6H,(H,7,8)(H,9,10)/t17-,18?,19?,20?,23?;/m0./s1. The van der Waals surface area contributed by atoms with Gasteiger partial charge in [-0.3, -0.25) is 4.79 Å². The molecule has 0 aromatic heterocycles. The molecule has 4 bridgehead atoms. The minimum Gasteiger partial charge on any atom is -0.479 e. The number of aliphatic hydroxyl groups is 2. The van der Waals surface area contributed by atoms with Crippen LogP contribution in [0, 0.1) is 23.2 Å². The number of aliphatic hydroxyl groups excluding tert-OH is 2. The lowest BCUT2D eigenvalue weighted by Gasteiger charge is -2.57. The molecule has 5 rings (SSSR count). The molecule has 3 atom stereocenters. The second kappa shape index (κ2) is 14.2. The minimum absolute atomic E-state index is 0.0309. The van der Waals surface area contributed by atoms with Gasteiger partial charge in [0, 0.05) is 45.0 Å². The summed E-state index contributed by atoms with van der Waals surface area (Å²) in [6, 6.07) is -0.591. The van der Waals surface area contributed by atoms with Gasteiger partial charge < -0.3 is 40.4 Å². The number of likely N-dealkylation sites (N-methyl/N-ethyl adjacent to an activating group) is 1. The maximum Gasteiger partial charge on any atom is 0.335 e. The zero-order valence-electron chi connectivity index (χ0n) is 23.6. The summed E-state index contributed by atoms with van der Waals surface area (Å²) < 4.78 is 0. The van der Waals surface area contributed by atoms with Crippen LogP contribution in [0.3, 0.4) is 0 Å². The summed E-state index contributed by atoms with van der Waals surface area (Å²) in [5, 5.41) is 35.5.